The first-order chi connectivity index (χ1) is 3.81. The van der Waals surface area contributed by atoms with Gasteiger partial charge in [-0.15, -0.1) is 5.92 Å². The monoisotopic (exact) mass is 108 g/mol. The standard InChI is InChI=1S/C7H8O/c1-3-4-5-7(2)6-8/h5-6H,1-2H3/b7-5+. The fourth-order valence-corrected chi connectivity index (χ4v) is 0.220. The molecule has 42 valence electrons. The summed E-state index contributed by atoms with van der Waals surface area (Å²) in [6.07, 6.45) is 2.37. The number of aldehydes is 1. The third-order valence-electron chi connectivity index (χ3n) is 0.630. The summed E-state index contributed by atoms with van der Waals surface area (Å²) >= 11 is 0. The van der Waals surface area contributed by atoms with Gasteiger partial charge in [-0.1, -0.05) is 5.92 Å². The van der Waals surface area contributed by atoms with Crippen molar-refractivity contribution in [2.75, 3.05) is 0 Å². The second kappa shape index (κ2) is 4.14. The SMILES string of the molecule is CC#C/C=C(\C)C=O. The Kier molecular flexibility index (Phi) is 3.60. The van der Waals surface area contributed by atoms with E-state index < -0.39 is 0 Å². The first-order valence-electron chi connectivity index (χ1n) is 2.35. The number of carbonyl (C=O) groups excluding carboxylic acids is 1. The lowest BCUT2D eigenvalue weighted by molar-refractivity contribution is -0.104. The molecule has 0 aliphatic carbocycles. The molecular formula is C7H8O. The van der Waals surface area contributed by atoms with E-state index in [0.29, 0.717) is 5.57 Å². The Morgan fingerprint density at radius 3 is 2.62 bits per heavy atom. The van der Waals surface area contributed by atoms with Gasteiger partial charge in [0.1, 0.15) is 6.29 Å². The summed E-state index contributed by atoms with van der Waals surface area (Å²) in [6.45, 7) is 3.45. The zero-order chi connectivity index (χ0) is 6.41. The summed E-state index contributed by atoms with van der Waals surface area (Å²) in [5.74, 6) is 5.30. The summed E-state index contributed by atoms with van der Waals surface area (Å²) < 4.78 is 0. The van der Waals surface area contributed by atoms with Gasteiger partial charge in [0.2, 0.25) is 0 Å². The minimum Gasteiger partial charge on any atom is -0.298 e. The van der Waals surface area contributed by atoms with Crippen molar-refractivity contribution >= 4 is 6.29 Å². The molecule has 0 radical (unpaired) electrons. The molecule has 1 heteroatoms. The summed E-state index contributed by atoms with van der Waals surface area (Å²) in [4.78, 5) is 9.87. The van der Waals surface area contributed by atoms with E-state index in [0.717, 1.165) is 6.29 Å². The Balaban J connectivity index is 3.87. The zero-order valence-electron chi connectivity index (χ0n) is 5.06. The highest BCUT2D eigenvalue weighted by molar-refractivity contribution is 5.73. The van der Waals surface area contributed by atoms with Crippen LogP contribution in [-0.4, -0.2) is 6.29 Å². The molecule has 0 amide bonds. The largest absolute Gasteiger partial charge is 0.298 e. The highest BCUT2D eigenvalue weighted by Gasteiger charge is 1.75. The highest BCUT2D eigenvalue weighted by Crippen LogP contribution is 1.81. The number of hydrogen-bond donors (Lipinski definition) is 0. The summed E-state index contributed by atoms with van der Waals surface area (Å²) in [5.41, 5.74) is 0.666. The van der Waals surface area contributed by atoms with Gasteiger partial charge in [0.25, 0.3) is 0 Å². The molecule has 8 heavy (non-hydrogen) atoms. The van der Waals surface area contributed by atoms with Gasteiger partial charge in [-0.3, -0.25) is 4.79 Å². The van der Waals surface area contributed by atoms with Crippen LogP contribution in [-0.2, 0) is 4.79 Å². The van der Waals surface area contributed by atoms with Gasteiger partial charge in [-0.2, -0.15) is 0 Å². The molecule has 0 unspecified atom stereocenters. The van der Waals surface area contributed by atoms with E-state index in [9.17, 15) is 4.79 Å². The average Bonchev–Trinajstić information content (AvgIpc) is 1.83. The molecule has 0 N–H and O–H groups in total. The molecular weight excluding hydrogens is 100 g/mol. The normalized spacial score (nSPS) is 9.50. The van der Waals surface area contributed by atoms with Crippen molar-refractivity contribution in [3.05, 3.63) is 11.6 Å². The molecule has 0 rings (SSSR count). The van der Waals surface area contributed by atoms with Crippen LogP contribution in [0.25, 0.3) is 0 Å². The maximum Gasteiger partial charge on any atom is 0.146 e. The molecule has 0 aliphatic heterocycles. The average molecular weight is 108 g/mol. The number of rotatable bonds is 1. The van der Waals surface area contributed by atoms with Crippen LogP contribution in [0, 0.1) is 11.8 Å². The van der Waals surface area contributed by atoms with Crippen LogP contribution in [0.4, 0.5) is 0 Å². The predicted molar refractivity (Wildman–Crippen MR) is 33.3 cm³/mol. The quantitative estimate of drug-likeness (QED) is 0.280. The minimum atomic E-state index is 0.666. The van der Waals surface area contributed by atoms with Gasteiger partial charge >= 0.3 is 0 Å². The molecule has 0 bridgehead atoms. The van der Waals surface area contributed by atoms with Crippen LogP contribution in [0.5, 0.6) is 0 Å². The number of allylic oxidation sites excluding steroid dienone is 2. The molecule has 0 aliphatic rings. The van der Waals surface area contributed by atoms with E-state index in [1.54, 1.807) is 19.9 Å². The lowest BCUT2D eigenvalue weighted by Crippen LogP contribution is -1.71. The van der Waals surface area contributed by atoms with Gasteiger partial charge in [0, 0.05) is 0 Å². The van der Waals surface area contributed by atoms with Crippen molar-refractivity contribution in [1.29, 1.82) is 0 Å². The Morgan fingerprint density at radius 1 is 1.62 bits per heavy atom. The molecule has 1 nitrogen and oxygen atoms in total. The van der Waals surface area contributed by atoms with E-state index in [1.807, 2.05) is 0 Å². The van der Waals surface area contributed by atoms with Crippen molar-refractivity contribution in [2.24, 2.45) is 0 Å². The van der Waals surface area contributed by atoms with Gasteiger partial charge < -0.3 is 0 Å². The molecule has 0 aromatic rings. The van der Waals surface area contributed by atoms with Crippen molar-refractivity contribution < 1.29 is 4.79 Å². The highest BCUT2D eigenvalue weighted by atomic mass is 16.1. The minimum absolute atomic E-state index is 0.666. The van der Waals surface area contributed by atoms with Crippen LogP contribution in [0.2, 0.25) is 0 Å². The van der Waals surface area contributed by atoms with Gasteiger partial charge in [-0.05, 0) is 25.5 Å². The third-order valence-corrected chi connectivity index (χ3v) is 0.630. The molecule has 0 atom stereocenters. The maximum atomic E-state index is 9.87. The second-order valence-corrected chi connectivity index (χ2v) is 1.40. The van der Waals surface area contributed by atoms with Crippen molar-refractivity contribution in [1.82, 2.24) is 0 Å². The Labute approximate surface area is 49.4 Å². The lowest BCUT2D eigenvalue weighted by Gasteiger charge is -1.74. The van der Waals surface area contributed by atoms with E-state index in [-0.39, 0.29) is 0 Å². The van der Waals surface area contributed by atoms with E-state index in [4.69, 9.17) is 0 Å². The van der Waals surface area contributed by atoms with Crippen LogP contribution in [0.1, 0.15) is 13.8 Å². The third kappa shape index (κ3) is 3.17. The molecule has 0 fully saturated rings. The van der Waals surface area contributed by atoms with Gasteiger partial charge in [0.15, 0.2) is 0 Å². The predicted octanol–water partition coefficient (Wildman–Crippen LogP) is 1.15. The fourth-order valence-electron chi connectivity index (χ4n) is 0.220. The first-order valence-corrected chi connectivity index (χ1v) is 2.35. The molecule has 0 saturated heterocycles. The fraction of sp³-hybridized carbons (Fsp3) is 0.286. The summed E-state index contributed by atoms with van der Waals surface area (Å²) in [7, 11) is 0. The topological polar surface area (TPSA) is 17.1 Å². The smallest absolute Gasteiger partial charge is 0.146 e. The van der Waals surface area contributed by atoms with E-state index in [1.165, 1.54) is 0 Å². The molecule has 0 aromatic heterocycles. The molecule has 0 saturated carbocycles. The first kappa shape index (κ1) is 6.97. The van der Waals surface area contributed by atoms with Crippen LogP contribution in [0.15, 0.2) is 11.6 Å². The number of carbonyl (C=O) groups is 1. The van der Waals surface area contributed by atoms with Crippen LogP contribution >= 0.6 is 0 Å². The van der Waals surface area contributed by atoms with Gasteiger partial charge in [0.05, 0.1) is 0 Å². The zero-order valence-corrected chi connectivity index (χ0v) is 5.06. The summed E-state index contributed by atoms with van der Waals surface area (Å²) in [6, 6.07) is 0. The molecule has 0 aromatic carbocycles. The second-order valence-electron chi connectivity index (χ2n) is 1.40. The van der Waals surface area contributed by atoms with Crippen molar-refractivity contribution in [3.8, 4) is 11.8 Å². The van der Waals surface area contributed by atoms with E-state index in [2.05, 4.69) is 11.8 Å². The van der Waals surface area contributed by atoms with Crippen molar-refractivity contribution in [2.45, 2.75) is 13.8 Å². The van der Waals surface area contributed by atoms with Gasteiger partial charge in [-0.25, -0.2) is 0 Å². The van der Waals surface area contributed by atoms with Crippen molar-refractivity contribution in [3.63, 3.8) is 0 Å². The molecule has 0 spiro atoms. The number of hydrogen-bond acceptors (Lipinski definition) is 1. The van der Waals surface area contributed by atoms with Crippen LogP contribution < -0.4 is 0 Å². The Bertz CT molecular complexity index is 155. The lowest BCUT2D eigenvalue weighted by atomic mass is 10.3. The van der Waals surface area contributed by atoms with Crippen LogP contribution in [0.3, 0.4) is 0 Å². The Hall–Kier alpha value is -1.03. The summed E-state index contributed by atoms with van der Waals surface area (Å²) in [5, 5.41) is 0. The maximum absolute atomic E-state index is 9.87. The Morgan fingerprint density at radius 2 is 2.25 bits per heavy atom. The van der Waals surface area contributed by atoms with E-state index >= 15 is 0 Å². The molecule has 0 heterocycles.